The number of piperidine rings is 1. The minimum atomic E-state index is -0.360. The van der Waals surface area contributed by atoms with Crippen LogP contribution < -0.4 is 5.32 Å². The summed E-state index contributed by atoms with van der Waals surface area (Å²) in [5, 5.41) is 3.38. The Kier molecular flexibility index (Phi) is 6.64. The maximum Gasteiger partial charge on any atom is 0.291 e. The summed E-state index contributed by atoms with van der Waals surface area (Å²) >= 11 is 0. The lowest BCUT2D eigenvalue weighted by Gasteiger charge is -2.40. The Hall–Kier alpha value is -2.73. The molecule has 2 aliphatic rings. The molecule has 0 aliphatic carbocycles. The van der Waals surface area contributed by atoms with Gasteiger partial charge >= 0.3 is 0 Å². The fourth-order valence-electron chi connectivity index (χ4n) is 3.76. The lowest BCUT2D eigenvalue weighted by atomic mass is 9.83. The third-order valence-electron chi connectivity index (χ3n) is 5.43. The molecule has 0 unspecified atom stereocenters. The number of hydrogen-bond donors (Lipinski definition) is 1. The zero-order chi connectivity index (χ0) is 20.9. The predicted octanol–water partition coefficient (Wildman–Crippen LogP) is 3.51. The molecule has 3 heterocycles. The van der Waals surface area contributed by atoms with E-state index in [0.29, 0.717) is 18.8 Å². The summed E-state index contributed by atoms with van der Waals surface area (Å²) in [6, 6.07) is 0. The van der Waals surface area contributed by atoms with Crippen molar-refractivity contribution in [3.8, 4) is 0 Å². The van der Waals surface area contributed by atoms with Gasteiger partial charge in [0, 0.05) is 49.5 Å². The third kappa shape index (κ3) is 4.48. The predicted molar refractivity (Wildman–Crippen MR) is 115 cm³/mol. The number of ether oxygens (including phenoxy) is 1. The fourth-order valence-corrected chi connectivity index (χ4v) is 3.76. The first-order chi connectivity index (χ1) is 14.0. The van der Waals surface area contributed by atoms with Crippen molar-refractivity contribution in [1.82, 2.24) is 20.2 Å². The molecule has 6 nitrogen and oxygen atoms in total. The number of hydrogen-bond acceptors (Lipinski definition) is 5. The molecule has 6 heteroatoms. The van der Waals surface area contributed by atoms with Gasteiger partial charge < -0.3 is 15.0 Å². The van der Waals surface area contributed by atoms with E-state index >= 15 is 0 Å². The first kappa shape index (κ1) is 21.0. The molecule has 0 aromatic carbocycles. The van der Waals surface area contributed by atoms with Gasteiger partial charge in [-0.05, 0) is 45.5 Å². The highest BCUT2D eigenvalue weighted by molar-refractivity contribution is 5.91. The number of rotatable bonds is 5. The van der Waals surface area contributed by atoms with E-state index in [1.165, 1.54) is 0 Å². The summed E-state index contributed by atoms with van der Waals surface area (Å²) in [6.45, 7) is 13.1. The maximum atomic E-state index is 12.5. The van der Waals surface area contributed by atoms with Crippen LogP contribution in [0, 0.1) is 0 Å². The van der Waals surface area contributed by atoms with Crippen LogP contribution in [0.5, 0.6) is 0 Å². The third-order valence-corrected chi connectivity index (χ3v) is 5.43. The Balaban J connectivity index is 1.99. The number of nitrogens with one attached hydrogen (secondary N) is 1. The van der Waals surface area contributed by atoms with Gasteiger partial charge in [0.25, 0.3) is 5.91 Å². The van der Waals surface area contributed by atoms with Crippen molar-refractivity contribution >= 4 is 11.5 Å². The Morgan fingerprint density at radius 3 is 2.52 bits per heavy atom. The van der Waals surface area contributed by atoms with Gasteiger partial charge in [-0.1, -0.05) is 24.8 Å². The van der Waals surface area contributed by atoms with E-state index in [4.69, 9.17) is 4.74 Å². The molecule has 0 radical (unpaired) electrons. The van der Waals surface area contributed by atoms with E-state index in [1.807, 2.05) is 39.0 Å². The van der Waals surface area contributed by atoms with E-state index < -0.39 is 0 Å². The lowest BCUT2D eigenvalue weighted by molar-refractivity contribution is 0.0209. The van der Waals surface area contributed by atoms with Crippen molar-refractivity contribution in [2.75, 3.05) is 26.2 Å². The van der Waals surface area contributed by atoms with Crippen molar-refractivity contribution < 1.29 is 9.53 Å². The van der Waals surface area contributed by atoms with E-state index in [1.54, 1.807) is 17.3 Å². The first-order valence-corrected chi connectivity index (χ1v) is 10.3. The lowest BCUT2D eigenvalue weighted by Crippen LogP contribution is -2.44. The second-order valence-electron chi connectivity index (χ2n) is 7.28. The minimum Gasteiger partial charge on any atom is -0.483 e. The molecule has 0 bridgehead atoms. The van der Waals surface area contributed by atoms with Gasteiger partial charge in [-0.2, -0.15) is 0 Å². The van der Waals surface area contributed by atoms with Crippen LogP contribution in [0.4, 0.5) is 0 Å². The van der Waals surface area contributed by atoms with Crippen LogP contribution in [-0.4, -0.2) is 52.6 Å². The molecule has 1 aromatic heterocycles. The molecule has 1 amide bonds. The number of nitrogens with zero attached hydrogens (tertiary/aromatic N) is 3. The van der Waals surface area contributed by atoms with Crippen molar-refractivity contribution in [1.29, 1.82) is 0 Å². The number of amides is 1. The zero-order valence-electron chi connectivity index (χ0n) is 17.6. The second-order valence-corrected chi connectivity index (χ2v) is 7.28. The van der Waals surface area contributed by atoms with Gasteiger partial charge in [0.15, 0.2) is 0 Å². The quantitative estimate of drug-likeness (QED) is 0.828. The van der Waals surface area contributed by atoms with Gasteiger partial charge in [-0.3, -0.25) is 4.79 Å². The molecule has 1 N–H and O–H groups in total. The summed E-state index contributed by atoms with van der Waals surface area (Å²) in [4.78, 5) is 23.0. The number of carbonyl (C=O) groups excluding carboxylic acids is 1. The standard InChI is InChI=1S/C23H30N4O2/c1-5-8-9-19-17(4)29-23(10-12-24-13-11-23)14-20(19)18-15-25-21(26-16-18)22(28)27(6-2)7-3/h5,8-9,14-16,24H,4,6-7,10-13H2,1-3H3/b8-5-,19-9+. The highest BCUT2D eigenvalue weighted by Gasteiger charge is 2.38. The summed E-state index contributed by atoms with van der Waals surface area (Å²) in [6.07, 6.45) is 13.3. The number of carbonyl (C=O) groups is 1. The molecule has 1 spiro atoms. The molecule has 1 saturated heterocycles. The molecular formula is C23H30N4O2. The van der Waals surface area contributed by atoms with Crippen LogP contribution >= 0.6 is 0 Å². The summed E-state index contributed by atoms with van der Waals surface area (Å²) in [5.41, 5.74) is 2.42. The Bertz CT molecular complexity index is 842. The van der Waals surface area contributed by atoms with Gasteiger partial charge in [-0.15, -0.1) is 0 Å². The van der Waals surface area contributed by atoms with Gasteiger partial charge in [0.05, 0.1) is 0 Å². The zero-order valence-corrected chi connectivity index (χ0v) is 17.6. The van der Waals surface area contributed by atoms with Crippen LogP contribution in [0.25, 0.3) is 5.57 Å². The van der Waals surface area contributed by atoms with E-state index in [-0.39, 0.29) is 17.3 Å². The van der Waals surface area contributed by atoms with Crippen molar-refractivity contribution in [3.63, 3.8) is 0 Å². The smallest absolute Gasteiger partial charge is 0.291 e. The average Bonchev–Trinajstić information content (AvgIpc) is 2.74. The molecule has 29 heavy (non-hydrogen) atoms. The van der Waals surface area contributed by atoms with Crippen LogP contribution in [0.15, 0.2) is 54.6 Å². The summed E-state index contributed by atoms with van der Waals surface area (Å²) in [7, 11) is 0. The topological polar surface area (TPSA) is 67.3 Å². The maximum absolute atomic E-state index is 12.5. The van der Waals surface area contributed by atoms with E-state index in [9.17, 15) is 4.79 Å². The number of aromatic nitrogens is 2. The monoisotopic (exact) mass is 394 g/mol. The molecule has 0 atom stereocenters. The molecule has 1 aromatic rings. The van der Waals surface area contributed by atoms with E-state index in [2.05, 4.69) is 27.9 Å². The molecular weight excluding hydrogens is 364 g/mol. The Morgan fingerprint density at radius 1 is 1.28 bits per heavy atom. The first-order valence-electron chi connectivity index (χ1n) is 10.3. The Morgan fingerprint density at radius 2 is 1.93 bits per heavy atom. The molecule has 0 saturated carbocycles. The minimum absolute atomic E-state index is 0.147. The molecule has 2 aliphatic heterocycles. The van der Waals surface area contributed by atoms with Crippen LogP contribution in [-0.2, 0) is 4.74 Å². The fraction of sp³-hybridized carbons (Fsp3) is 0.435. The largest absolute Gasteiger partial charge is 0.483 e. The van der Waals surface area contributed by atoms with Gasteiger partial charge in [0.1, 0.15) is 11.4 Å². The van der Waals surface area contributed by atoms with Gasteiger partial charge in [-0.25, -0.2) is 9.97 Å². The van der Waals surface area contributed by atoms with Gasteiger partial charge in [0.2, 0.25) is 5.82 Å². The highest BCUT2D eigenvalue weighted by Crippen LogP contribution is 2.41. The summed E-state index contributed by atoms with van der Waals surface area (Å²) < 4.78 is 6.28. The van der Waals surface area contributed by atoms with Crippen LogP contribution in [0.3, 0.4) is 0 Å². The summed E-state index contributed by atoms with van der Waals surface area (Å²) in [5.74, 6) is 0.733. The van der Waals surface area contributed by atoms with Crippen LogP contribution in [0.2, 0.25) is 0 Å². The average molecular weight is 395 g/mol. The molecule has 3 rings (SSSR count). The normalized spacial score (nSPS) is 20.0. The highest BCUT2D eigenvalue weighted by atomic mass is 16.5. The van der Waals surface area contributed by atoms with Crippen molar-refractivity contribution in [2.45, 2.75) is 39.2 Å². The Labute approximate surface area is 173 Å². The van der Waals surface area contributed by atoms with Crippen molar-refractivity contribution in [3.05, 3.63) is 66.0 Å². The van der Waals surface area contributed by atoms with E-state index in [0.717, 1.165) is 42.6 Å². The second kappa shape index (κ2) is 9.18. The van der Waals surface area contributed by atoms with Crippen LogP contribution in [0.1, 0.15) is 49.8 Å². The molecule has 1 fully saturated rings. The number of allylic oxidation sites excluding steroid dienone is 4. The SMILES string of the molecule is C=C1OC2(C=C(c3cnc(C(=O)N(CC)CC)nc3)/C1=C/C=C\C)CCNCC2. The van der Waals surface area contributed by atoms with Crippen molar-refractivity contribution in [2.24, 2.45) is 0 Å². The molecule has 154 valence electrons.